The highest BCUT2D eigenvalue weighted by Gasteiger charge is 2.27. The van der Waals surface area contributed by atoms with E-state index in [1.807, 2.05) is 52.9 Å². The van der Waals surface area contributed by atoms with Gasteiger partial charge in [-0.3, -0.25) is 0 Å². The summed E-state index contributed by atoms with van der Waals surface area (Å²) in [5, 5.41) is 11.2. The molecule has 2 nitrogen and oxygen atoms in total. The number of aromatic nitrogens is 1. The fourth-order valence-electron chi connectivity index (χ4n) is 2.27. The molecule has 1 N–H and O–H groups in total. The second-order valence-corrected chi connectivity index (χ2v) is 7.16. The minimum Gasteiger partial charge on any atom is -1.00 e. The molecule has 21 heavy (non-hydrogen) atoms. The number of rotatable bonds is 1. The first kappa shape index (κ1) is 14.8. The van der Waals surface area contributed by atoms with Crippen molar-refractivity contribution in [3.05, 3.63) is 53.6 Å². The van der Waals surface area contributed by atoms with Crippen LogP contribution in [-0.4, -0.2) is 5.11 Å². The van der Waals surface area contributed by atoms with Crippen LogP contribution >= 0.6 is 34.3 Å². The van der Waals surface area contributed by atoms with Gasteiger partial charge in [0.05, 0.1) is 0 Å². The van der Waals surface area contributed by atoms with E-state index in [9.17, 15) is 5.11 Å². The summed E-state index contributed by atoms with van der Waals surface area (Å²) in [6.45, 7) is 0. The maximum atomic E-state index is 10.6. The molecule has 0 radical (unpaired) electrons. The number of hydrogen-bond donors (Lipinski definition) is 1. The largest absolute Gasteiger partial charge is 1.00 e. The number of benzene rings is 2. The van der Waals surface area contributed by atoms with Crippen LogP contribution in [0.4, 0.5) is 0 Å². The normalized spacial score (nSPS) is 10.9. The highest BCUT2D eigenvalue weighted by Crippen LogP contribution is 2.38. The Morgan fingerprint density at radius 1 is 1.00 bits per heavy atom. The van der Waals surface area contributed by atoms with Crippen molar-refractivity contribution in [3.8, 4) is 16.3 Å². The van der Waals surface area contributed by atoms with E-state index in [2.05, 4.69) is 0 Å². The van der Waals surface area contributed by atoms with Gasteiger partial charge in [0.25, 0.3) is 0 Å². The first-order chi connectivity index (χ1) is 9.74. The maximum Gasteiger partial charge on any atom is 0.391 e. The smallest absolute Gasteiger partial charge is 0.391 e. The zero-order valence-corrected chi connectivity index (χ0v) is 14.6. The summed E-state index contributed by atoms with van der Waals surface area (Å²) in [6, 6.07) is 15.7. The van der Waals surface area contributed by atoms with Crippen LogP contribution in [0.15, 0.2) is 48.5 Å². The van der Waals surface area contributed by atoms with Crippen molar-refractivity contribution in [2.75, 3.05) is 0 Å². The molecule has 0 aliphatic carbocycles. The zero-order valence-electron chi connectivity index (χ0n) is 10.6. The van der Waals surface area contributed by atoms with E-state index in [1.54, 1.807) is 22.7 Å². The Morgan fingerprint density at radius 2 is 1.76 bits per heavy atom. The van der Waals surface area contributed by atoms with Crippen molar-refractivity contribution in [2.24, 2.45) is 0 Å². The lowest BCUT2D eigenvalue weighted by Gasteiger charge is -1.93. The molecule has 2 heterocycles. The van der Waals surface area contributed by atoms with Gasteiger partial charge in [-0.05, 0) is 23.5 Å². The van der Waals surface area contributed by atoms with Crippen molar-refractivity contribution in [3.63, 3.8) is 0 Å². The maximum absolute atomic E-state index is 10.6. The molecule has 0 unspecified atom stereocenters. The predicted octanol–water partition coefficient (Wildman–Crippen LogP) is 1.73. The first-order valence-corrected chi connectivity index (χ1v) is 8.06. The second kappa shape index (κ2) is 5.57. The number of halogens is 2. The second-order valence-electron chi connectivity index (χ2n) is 4.44. The number of aromatic hydroxyl groups is 1. The Kier molecular flexibility index (Phi) is 3.92. The molecule has 2 aromatic heterocycles. The topological polar surface area (TPSA) is 24.3 Å². The van der Waals surface area contributed by atoms with Gasteiger partial charge in [-0.2, -0.15) is 0 Å². The Balaban J connectivity index is 0.00000132. The Hall–Kier alpha value is -1.14. The van der Waals surface area contributed by atoms with Crippen molar-refractivity contribution in [1.29, 1.82) is 0 Å². The Bertz CT molecular complexity index is 933. The fraction of sp³-hybridized carbons (Fsp3) is 0. The summed E-state index contributed by atoms with van der Waals surface area (Å²) < 4.78 is 4.05. The molecule has 0 bridgehead atoms. The summed E-state index contributed by atoms with van der Waals surface area (Å²) in [5.74, 6) is 0.282. The number of thiazole rings is 2. The minimum atomic E-state index is 0. The summed E-state index contributed by atoms with van der Waals surface area (Å²) in [5.41, 5.74) is 1.98. The van der Waals surface area contributed by atoms with Crippen LogP contribution < -0.4 is 21.4 Å². The molecule has 0 saturated heterocycles. The fourth-order valence-corrected chi connectivity index (χ4v) is 4.86. The summed E-state index contributed by atoms with van der Waals surface area (Å²) in [6.07, 6.45) is 0. The van der Waals surface area contributed by atoms with E-state index in [1.165, 1.54) is 0 Å². The molecule has 0 aliphatic heterocycles. The minimum absolute atomic E-state index is 0. The predicted molar refractivity (Wildman–Crippen MR) is 85.0 cm³/mol. The van der Waals surface area contributed by atoms with Crippen molar-refractivity contribution >= 4 is 48.6 Å². The standard InChI is InChI=1S/C15H8ClNOS2.BrH/c16-10-6-7-12-11(8-10)17-14(18)13(20-15(17)19-12)9-4-2-1-3-5-9;/h1-8H;1H. The molecule has 4 rings (SSSR count). The van der Waals surface area contributed by atoms with Crippen LogP contribution in [-0.2, 0) is 0 Å². The molecule has 0 amide bonds. The average molecular weight is 399 g/mol. The zero-order chi connectivity index (χ0) is 13.7. The van der Waals surface area contributed by atoms with Crippen LogP contribution in [0.2, 0.25) is 5.02 Å². The molecule has 4 aromatic rings. The van der Waals surface area contributed by atoms with E-state index < -0.39 is 0 Å². The molecule has 6 heteroatoms. The summed E-state index contributed by atoms with van der Waals surface area (Å²) >= 11 is 9.33. The van der Waals surface area contributed by atoms with E-state index in [0.29, 0.717) is 5.02 Å². The summed E-state index contributed by atoms with van der Waals surface area (Å²) in [7, 11) is 0. The van der Waals surface area contributed by atoms with Gasteiger partial charge in [-0.1, -0.05) is 53.3 Å². The molecular formula is C15H9BrClNOS2. The third kappa shape index (κ3) is 2.34. The highest BCUT2D eigenvalue weighted by molar-refractivity contribution is 7.39. The van der Waals surface area contributed by atoms with E-state index >= 15 is 0 Å². The molecular weight excluding hydrogens is 390 g/mol. The average Bonchev–Trinajstić information content (AvgIpc) is 2.97. The van der Waals surface area contributed by atoms with Crippen molar-refractivity contribution in [2.45, 2.75) is 0 Å². The Morgan fingerprint density at radius 3 is 2.52 bits per heavy atom. The van der Waals surface area contributed by atoms with Crippen LogP contribution in [0.3, 0.4) is 0 Å². The number of fused-ring (bicyclic) bond motifs is 3. The lowest BCUT2D eigenvalue weighted by Crippen LogP contribution is -3.00. The van der Waals surface area contributed by atoms with Gasteiger partial charge >= 0.3 is 10.0 Å². The molecule has 2 aromatic carbocycles. The SMILES string of the molecule is Oc1c(-c2ccccc2)sc2sc3ccc(Cl)cc3[n+]12.[Br-]. The number of nitrogens with zero attached hydrogens (tertiary/aromatic N) is 1. The van der Waals surface area contributed by atoms with Gasteiger partial charge in [0.15, 0.2) is 4.88 Å². The molecule has 0 aliphatic rings. The van der Waals surface area contributed by atoms with Gasteiger partial charge < -0.3 is 22.1 Å². The van der Waals surface area contributed by atoms with Crippen LogP contribution in [0.25, 0.3) is 24.8 Å². The quantitative estimate of drug-likeness (QED) is 0.485. The van der Waals surface area contributed by atoms with Gasteiger partial charge in [0, 0.05) is 16.7 Å². The van der Waals surface area contributed by atoms with E-state index in [4.69, 9.17) is 11.6 Å². The first-order valence-electron chi connectivity index (χ1n) is 6.05. The molecule has 0 atom stereocenters. The van der Waals surface area contributed by atoms with Crippen LogP contribution in [0.5, 0.6) is 5.88 Å². The van der Waals surface area contributed by atoms with Gasteiger partial charge in [-0.25, -0.2) is 0 Å². The lowest BCUT2D eigenvalue weighted by molar-refractivity contribution is -0.484. The molecule has 0 fully saturated rings. The highest BCUT2D eigenvalue weighted by atomic mass is 79.9. The summed E-state index contributed by atoms with van der Waals surface area (Å²) in [4.78, 5) is 0.888. The number of hydrogen-bond acceptors (Lipinski definition) is 3. The van der Waals surface area contributed by atoms with Gasteiger partial charge in [-0.15, -0.1) is 4.40 Å². The van der Waals surface area contributed by atoms with E-state index in [0.717, 1.165) is 24.8 Å². The molecule has 0 spiro atoms. The third-order valence-electron chi connectivity index (χ3n) is 3.18. The van der Waals surface area contributed by atoms with Crippen LogP contribution in [0, 0.1) is 0 Å². The molecule has 106 valence electrons. The van der Waals surface area contributed by atoms with Gasteiger partial charge in [0.2, 0.25) is 5.52 Å². The van der Waals surface area contributed by atoms with Crippen molar-refractivity contribution in [1.82, 2.24) is 0 Å². The third-order valence-corrected chi connectivity index (χ3v) is 5.82. The lowest BCUT2D eigenvalue weighted by atomic mass is 10.2. The van der Waals surface area contributed by atoms with E-state index in [-0.39, 0.29) is 22.9 Å². The van der Waals surface area contributed by atoms with Crippen molar-refractivity contribution < 1.29 is 26.5 Å². The van der Waals surface area contributed by atoms with Gasteiger partial charge in [0.1, 0.15) is 4.70 Å². The molecule has 0 saturated carbocycles. The monoisotopic (exact) mass is 397 g/mol. The Labute approximate surface area is 144 Å². The van der Waals surface area contributed by atoms with Crippen LogP contribution in [0.1, 0.15) is 0 Å².